The number of ether oxygens (including phenoxy) is 1. The summed E-state index contributed by atoms with van der Waals surface area (Å²) in [5, 5.41) is 5.55. The van der Waals surface area contributed by atoms with Crippen LogP contribution in [0, 0.1) is 0 Å². The predicted octanol–water partition coefficient (Wildman–Crippen LogP) is 2.64. The molecule has 0 spiro atoms. The van der Waals surface area contributed by atoms with Crippen molar-refractivity contribution in [1.82, 2.24) is 14.9 Å². The van der Waals surface area contributed by atoms with Gasteiger partial charge in [0.05, 0.1) is 36.1 Å². The minimum atomic E-state index is -0.307. The maximum absolute atomic E-state index is 12.6. The monoisotopic (exact) mass is 344 g/mol. The number of hydrogen-bond donors (Lipinski definition) is 2. The van der Waals surface area contributed by atoms with Gasteiger partial charge in [-0.05, 0) is 25.2 Å². The second-order valence-corrected chi connectivity index (χ2v) is 6.42. The number of carbonyl (C=O) groups is 1. The number of pyridine rings is 1. The second kappa shape index (κ2) is 6.05. The number of morpholine rings is 1. The van der Waals surface area contributed by atoms with Gasteiger partial charge in [-0.25, -0.2) is 0 Å². The van der Waals surface area contributed by atoms with Crippen molar-refractivity contribution >= 4 is 45.0 Å². The highest BCUT2D eigenvalue weighted by atomic mass is 35.5. The van der Waals surface area contributed by atoms with Crippen LogP contribution in [0.25, 0.3) is 21.8 Å². The Morgan fingerprint density at radius 2 is 2.33 bits per heavy atom. The summed E-state index contributed by atoms with van der Waals surface area (Å²) in [5.74, 6) is -0.0995. The Balaban J connectivity index is 1.74. The summed E-state index contributed by atoms with van der Waals surface area (Å²) >= 11 is 6.26. The molecule has 6 nitrogen and oxygen atoms in total. The van der Waals surface area contributed by atoms with Crippen molar-refractivity contribution < 1.29 is 9.53 Å². The van der Waals surface area contributed by atoms with E-state index in [1.165, 1.54) is 0 Å². The van der Waals surface area contributed by atoms with Crippen molar-refractivity contribution in [2.75, 3.05) is 32.1 Å². The number of anilines is 1. The second-order valence-electron chi connectivity index (χ2n) is 5.98. The summed E-state index contributed by atoms with van der Waals surface area (Å²) in [6.45, 7) is 1.78. The number of likely N-dealkylation sites (N-methyl/N-ethyl adjacent to an activating group) is 1. The SMILES string of the molecule is CN1CCOCC1C(=O)Nc1cc(Cl)cc2c1[nH]c1cnccc12. The van der Waals surface area contributed by atoms with Crippen molar-refractivity contribution in [3.63, 3.8) is 0 Å². The van der Waals surface area contributed by atoms with Crippen LogP contribution in [-0.2, 0) is 9.53 Å². The van der Waals surface area contributed by atoms with Gasteiger partial charge in [0, 0.05) is 28.5 Å². The van der Waals surface area contributed by atoms with Gasteiger partial charge in [-0.3, -0.25) is 14.7 Å². The molecule has 0 aliphatic carbocycles. The number of hydrogen-bond acceptors (Lipinski definition) is 4. The molecule has 3 aromatic rings. The number of amides is 1. The first-order chi connectivity index (χ1) is 11.6. The topological polar surface area (TPSA) is 70.2 Å². The summed E-state index contributed by atoms with van der Waals surface area (Å²) in [6, 6.07) is 5.27. The van der Waals surface area contributed by atoms with Crippen molar-refractivity contribution in [3.05, 3.63) is 35.6 Å². The molecule has 0 bridgehead atoms. The molecule has 3 heterocycles. The molecule has 1 aromatic carbocycles. The first-order valence-electron chi connectivity index (χ1n) is 7.77. The van der Waals surface area contributed by atoms with E-state index in [2.05, 4.69) is 15.3 Å². The van der Waals surface area contributed by atoms with Gasteiger partial charge in [-0.2, -0.15) is 0 Å². The quantitative estimate of drug-likeness (QED) is 0.749. The first-order valence-corrected chi connectivity index (χ1v) is 8.15. The van der Waals surface area contributed by atoms with Gasteiger partial charge in [0.25, 0.3) is 0 Å². The minimum absolute atomic E-state index is 0.0995. The fourth-order valence-electron chi connectivity index (χ4n) is 3.09. The van der Waals surface area contributed by atoms with Gasteiger partial charge in [-0.15, -0.1) is 0 Å². The molecule has 1 aliphatic rings. The molecule has 1 atom stereocenters. The third-order valence-corrected chi connectivity index (χ3v) is 4.65. The molecule has 1 unspecified atom stereocenters. The van der Waals surface area contributed by atoms with Gasteiger partial charge < -0.3 is 15.0 Å². The van der Waals surface area contributed by atoms with Crippen LogP contribution in [0.1, 0.15) is 0 Å². The van der Waals surface area contributed by atoms with Gasteiger partial charge in [0.2, 0.25) is 5.91 Å². The number of halogens is 1. The zero-order chi connectivity index (χ0) is 16.7. The van der Waals surface area contributed by atoms with Crippen LogP contribution in [-0.4, -0.2) is 53.6 Å². The third kappa shape index (κ3) is 2.62. The Bertz CT molecular complexity index is 923. The lowest BCUT2D eigenvalue weighted by Gasteiger charge is -2.31. The normalized spacial score (nSPS) is 19.0. The lowest BCUT2D eigenvalue weighted by Crippen LogP contribution is -2.49. The summed E-state index contributed by atoms with van der Waals surface area (Å²) in [7, 11) is 1.93. The van der Waals surface area contributed by atoms with Crippen LogP contribution in [0.5, 0.6) is 0 Å². The van der Waals surface area contributed by atoms with E-state index in [4.69, 9.17) is 16.3 Å². The molecule has 1 aliphatic heterocycles. The molecule has 1 saturated heterocycles. The van der Waals surface area contributed by atoms with E-state index >= 15 is 0 Å². The smallest absolute Gasteiger partial charge is 0.244 e. The molecule has 1 amide bonds. The lowest BCUT2D eigenvalue weighted by atomic mass is 10.1. The van der Waals surface area contributed by atoms with E-state index in [9.17, 15) is 4.79 Å². The predicted molar refractivity (Wildman–Crippen MR) is 94.5 cm³/mol. The highest BCUT2D eigenvalue weighted by Crippen LogP contribution is 2.33. The highest BCUT2D eigenvalue weighted by molar-refractivity contribution is 6.32. The van der Waals surface area contributed by atoms with E-state index in [0.29, 0.717) is 23.9 Å². The van der Waals surface area contributed by atoms with Crippen molar-refractivity contribution in [2.24, 2.45) is 0 Å². The third-order valence-electron chi connectivity index (χ3n) is 4.43. The summed E-state index contributed by atoms with van der Waals surface area (Å²) in [6.07, 6.45) is 3.50. The molecular weight excluding hydrogens is 328 g/mol. The van der Waals surface area contributed by atoms with E-state index < -0.39 is 0 Å². The fraction of sp³-hybridized carbons (Fsp3) is 0.294. The Morgan fingerprint density at radius 1 is 1.46 bits per heavy atom. The molecule has 1 fully saturated rings. The Kier molecular flexibility index (Phi) is 3.88. The standard InChI is InChI=1S/C17H17ClN4O2/c1-22-4-5-24-9-15(22)17(23)21-13-7-10(18)6-12-11-2-3-19-8-14(11)20-16(12)13/h2-3,6-8,15,20H,4-5,9H2,1H3,(H,21,23). The van der Waals surface area contributed by atoms with Gasteiger partial charge in [0.15, 0.2) is 0 Å². The number of benzene rings is 1. The summed E-state index contributed by atoms with van der Waals surface area (Å²) in [5.41, 5.74) is 2.41. The van der Waals surface area contributed by atoms with Crippen molar-refractivity contribution in [3.8, 4) is 0 Å². The molecule has 7 heteroatoms. The molecule has 2 aromatic heterocycles. The largest absolute Gasteiger partial charge is 0.378 e. The Morgan fingerprint density at radius 3 is 3.17 bits per heavy atom. The van der Waals surface area contributed by atoms with Crippen LogP contribution >= 0.6 is 11.6 Å². The molecular formula is C17H17ClN4O2. The maximum Gasteiger partial charge on any atom is 0.244 e. The molecule has 4 rings (SSSR count). The molecule has 0 radical (unpaired) electrons. The number of nitrogens with zero attached hydrogens (tertiary/aromatic N) is 2. The zero-order valence-electron chi connectivity index (χ0n) is 13.2. The fourth-order valence-corrected chi connectivity index (χ4v) is 3.31. The van der Waals surface area contributed by atoms with E-state index in [0.717, 1.165) is 28.4 Å². The van der Waals surface area contributed by atoms with Crippen molar-refractivity contribution in [1.29, 1.82) is 0 Å². The number of carbonyl (C=O) groups excluding carboxylic acids is 1. The van der Waals surface area contributed by atoms with Crippen molar-refractivity contribution in [2.45, 2.75) is 6.04 Å². The highest BCUT2D eigenvalue weighted by Gasteiger charge is 2.27. The number of rotatable bonds is 2. The Labute approximate surface area is 143 Å². The van der Waals surface area contributed by atoms with E-state index in [-0.39, 0.29) is 11.9 Å². The van der Waals surface area contributed by atoms with Gasteiger partial charge >= 0.3 is 0 Å². The molecule has 2 N–H and O–H groups in total. The average Bonchev–Trinajstić information content (AvgIpc) is 2.94. The van der Waals surface area contributed by atoms with Crippen LogP contribution in [0.4, 0.5) is 5.69 Å². The number of nitrogens with one attached hydrogen (secondary N) is 2. The van der Waals surface area contributed by atoms with E-state index in [1.807, 2.05) is 24.1 Å². The number of fused-ring (bicyclic) bond motifs is 3. The maximum atomic E-state index is 12.6. The molecule has 24 heavy (non-hydrogen) atoms. The molecule has 124 valence electrons. The Hall–Kier alpha value is -2.15. The average molecular weight is 345 g/mol. The summed E-state index contributed by atoms with van der Waals surface area (Å²) in [4.78, 5) is 22.1. The van der Waals surface area contributed by atoms with Crippen LogP contribution in [0.3, 0.4) is 0 Å². The molecule has 0 saturated carbocycles. The van der Waals surface area contributed by atoms with Gasteiger partial charge in [-0.1, -0.05) is 11.6 Å². The number of aromatic nitrogens is 2. The van der Waals surface area contributed by atoms with Gasteiger partial charge in [0.1, 0.15) is 6.04 Å². The first kappa shape index (κ1) is 15.4. The minimum Gasteiger partial charge on any atom is -0.378 e. The van der Waals surface area contributed by atoms with Crippen LogP contribution in [0.15, 0.2) is 30.6 Å². The van der Waals surface area contributed by atoms with Crippen LogP contribution < -0.4 is 5.32 Å². The van der Waals surface area contributed by atoms with Crippen LogP contribution in [0.2, 0.25) is 5.02 Å². The number of H-pyrrole nitrogens is 1. The van der Waals surface area contributed by atoms with E-state index in [1.54, 1.807) is 18.5 Å². The number of aromatic amines is 1. The zero-order valence-corrected chi connectivity index (χ0v) is 13.9. The lowest BCUT2D eigenvalue weighted by molar-refractivity contribution is -0.126. The summed E-state index contributed by atoms with van der Waals surface area (Å²) < 4.78 is 5.43.